The van der Waals surface area contributed by atoms with Crippen molar-refractivity contribution in [3.63, 3.8) is 0 Å². The Morgan fingerprint density at radius 2 is 1.06 bits per heavy atom. The lowest BCUT2D eigenvalue weighted by Crippen LogP contribution is -1.98. The summed E-state index contributed by atoms with van der Waals surface area (Å²) in [7, 11) is 1.45. The maximum Gasteiger partial charge on any atom is 0.305 e. The van der Waals surface area contributed by atoms with Crippen molar-refractivity contribution in [3.8, 4) is 0 Å². The topological polar surface area (TPSA) is 26.3 Å². The van der Waals surface area contributed by atoms with Gasteiger partial charge in [0.15, 0.2) is 0 Å². The SMILES string of the molecule is CCCCCCC(C)CCCCCCCCCCC/C=C\CC/C=C\CCCC(=O)OC. The number of carbonyl (C=O) groups is 1. The van der Waals surface area contributed by atoms with Gasteiger partial charge >= 0.3 is 5.97 Å². The summed E-state index contributed by atoms with van der Waals surface area (Å²) in [6, 6.07) is 0. The molecule has 0 aliphatic heterocycles. The molecule has 188 valence electrons. The Labute approximate surface area is 201 Å². The first-order valence-corrected chi connectivity index (χ1v) is 14.1. The molecule has 2 heteroatoms. The molecule has 0 spiro atoms. The maximum absolute atomic E-state index is 11.0. The number of hydrogen-bond acceptors (Lipinski definition) is 2. The second-order valence-electron chi connectivity index (χ2n) is 9.70. The van der Waals surface area contributed by atoms with Gasteiger partial charge in [-0.1, -0.05) is 128 Å². The molecule has 0 aromatic carbocycles. The summed E-state index contributed by atoms with van der Waals surface area (Å²) in [5.41, 5.74) is 0. The normalized spacial score (nSPS) is 12.7. The second kappa shape index (κ2) is 26.2. The lowest BCUT2D eigenvalue weighted by molar-refractivity contribution is -0.140. The van der Waals surface area contributed by atoms with E-state index in [9.17, 15) is 4.79 Å². The Bertz CT molecular complexity index is 438. The quantitative estimate of drug-likeness (QED) is 0.0833. The highest BCUT2D eigenvalue weighted by Crippen LogP contribution is 2.18. The van der Waals surface area contributed by atoms with Crippen molar-refractivity contribution in [1.29, 1.82) is 0 Å². The van der Waals surface area contributed by atoms with Crippen molar-refractivity contribution in [2.45, 2.75) is 149 Å². The highest BCUT2D eigenvalue weighted by atomic mass is 16.5. The molecule has 0 aromatic rings. The van der Waals surface area contributed by atoms with Crippen LogP contribution < -0.4 is 0 Å². The molecule has 0 aromatic heterocycles. The molecule has 0 aliphatic rings. The average molecular weight is 449 g/mol. The van der Waals surface area contributed by atoms with E-state index in [4.69, 9.17) is 0 Å². The van der Waals surface area contributed by atoms with Gasteiger partial charge in [0.05, 0.1) is 7.11 Å². The minimum atomic E-state index is -0.106. The Hall–Kier alpha value is -1.05. The Morgan fingerprint density at radius 1 is 0.625 bits per heavy atom. The van der Waals surface area contributed by atoms with E-state index in [0.717, 1.165) is 31.6 Å². The first kappa shape index (κ1) is 30.9. The molecular weight excluding hydrogens is 392 g/mol. The minimum absolute atomic E-state index is 0.106. The van der Waals surface area contributed by atoms with Crippen molar-refractivity contribution < 1.29 is 9.53 Å². The molecule has 0 bridgehead atoms. The molecule has 0 fully saturated rings. The highest BCUT2D eigenvalue weighted by Gasteiger charge is 2.02. The van der Waals surface area contributed by atoms with Gasteiger partial charge in [-0.05, 0) is 44.4 Å². The lowest BCUT2D eigenvalue weighted by Gasteiger charge is -2.10. The van der Waals surface area contributed by atoms with Gasteiger partial charge in [-0.2, -0.15) is 0 Å². The van der Waals surface area contributed by atoms with E-state index in [1.807, 2.05) is 0 Å². The van der Waals surface area contributed by atoms with Crippen LogP contribution in [-0.4, -0.2) is 13.1 Å². The number of carbonyl (C=O) groups excluding carboxylic acids is 1. The van der Waals surface area contributed by atoms with Crippen LogP contribution in [0, 0.1) is 5.92 Å². The van der Waals surface area contributed by atoms with E-state index in [1.165, 1.54) is 110 Å². The summed E-state index contributed by atoms with van der Waals surface area (Å²) in [6.07, 6.45) is 36.3. The molecule has 0 amide bonds. The molecule has 32 heavy (non-hydrogen) atoms. The van der Waals surface area contributed by atoms with Crippen molar-refractivity contribution >= 4 is 5.97 Å². The molecule has 0 rings (SSSR count). The minimum Gasteiger partial charge on any atom is -0.469 e. The molecule has 0 aliphatic carbocycles. The predicted octanol–water partition coefficient (Wildman–Crippen LogP) is 10.1. The predicted molar refractivity (Wildman–Crippen MR) is 142 cm³/mol. The zero-order valence-electron chi connectivity index (χ0n) is 22.1. The zero-order chi connectivity index (χ0) is 23.5. The Morgan fingerprint density at radius 3 is 1.59 bits per heavy atom. The lowest BCUT2D eigenvalue weighted by atomic mass is 9.96. The zero-order valence-corrected chi connectivity index (χ0v) is 22.1. The largest absolute Gasteiger partial charge is 0.469 e. The Kier molecular flexibility index (Phi) is 25.3. The van der Waals surface area contributed by atoms with Crippen LogP contribution in [0.3, 0.4) is 0 Å². The van der Waals surface area contributed by atoms with Gasteiger partial charge in [0, 0.05) is 6.42 Å². The third-order valence-corrected chi connectivity index (χ3v) is 6.43. The molecule has 1 unspecified atom stereocenters. The first-order chi connectivity index (χ1) is 15.7. The van der Waals surface area contributed by atoms with Crippen LogP contribution in [0.25, 0.3) is 0 Å². The number of esters is 1. The van der Waals surface area contributed by atoms with Crippen molar-refractivity contribution in [2.24, 2.45) is 5.92 Å². The summed E-state index contributed by atoms with van der Waals surface area (Å²) in [5, 5.41) is 0. The third kappa shape index (κ3) is 25.2. The molecule has 0 saturated heterocycles. The van der Waals surface area contributed by atoms with E-state index >= 15 is 0 Å². The van der Waals surface area contributed by atoms with Crippen LogP contribution in [0.1, 0.15) is 149 Å². The fourth-order valence-electron chi connectivity index (χ4n) is 4.19. The summed E-state index contributed by atoms with van der Waals surface area (Å²) >= 11 is 0. The molecule has 0 N–H and O–H groups in total. The van der Waals surface area contributed by atoms with Crippen LogP contribution in [0.15, 0.2) is 24.3 Å². The number of methoxy groups -OCH3 is 1. The molecular formula is C30H56O2. The van der Waals surface area contributed by atoms with Crippen LogP contribution in [0.4, 0.5) is 0 Å². The van der Waals surface area contributed by atoms with Crippen molar-refractivity contribution in [2.75, 3.05) is 7.11 Å². The number of allylic oxidation sites excluding steroid dienone is 4. The average Bonchev–Trinajstić information content (AvgIpc) is 2.80. The number of ether oxygens (including phenoxy) is 1. The van der Waals surface area contributed by atoms with Gasteiger partial charge in [0.2, 0.25) is 0 Å². The van der Waals surface area contributed by atoms with Crippen LogP contribution in [0.5, 0.6) is 0 Å². The first-order valence-electron chi connectivity index (χ1n) is 14.1. The van der Waals surface area contributed by atoms with Crippen LogP contribution >= 0.6 is 0 Å². The van der Waals surface area contributed by atoms with E-state index in [-0.39, 0.29) is 5.97 Å². The summed E-state index contributed by atoms with van der Waals surface area (Å²) < 4.78 is 4.64. The van der Waals surface area contributed by atoms with Gasteiger partial charge in [0.25, 0.3) is 0 Å². The van der Waals surface area contributed by atoms with Gasteiger partial charge in [0.1, 0.15) is 0 Å². The molecule has 0 radical (unpaired) electrons. The summed E-state index contributed by atoms with van der Waals surface area (Å²) in [5.74, 6) is 0.840. The molecule has 0 saturated carbocycles. The number of rotatable bonds is 24. The maximum atomic E-state index is 11.0. The monoisotopic (exact) mass is 448 g/mol. The summed E-state index contributed by atoms with van der Waals surface area (Å²) in [6.45, 7) is 4.75. The molecule has 0 heterocycles. The van der Waals surface area contributed by atoms with Crippen molar-refractivity contribution in [3.05, 3.63) is 24.3 Å². The summed E-state index contributed by atoms with van der Waals surface area (Å²) in [4.78, 5) is 11.0. The Balaban J connectivity index is 3.23. The van der Waals surface area contributed by atoms with Crippen molar-refractivity contribution in [1.82, 2.24) is 0 Å². The van der Waals surface area contributed by atoms with E-state index in [1.54, 1.807) is 0 Å². The van der Waals surface area contributed by atoms with Gasteiger partial charge in [-0.25, -0.2) is 0 Å². The standard InChI is InChI=1S/C30H56O2/c1-4-5-6-23-26-29(2)27-24-21-19-17-15-13-11-9-7-8-10-12-14-16-18-20-22-25-28-30(31)32-3/h10,12,18,20,29H,4-9,11,13-17,19,21-28H2,1-3H3/b12-10-,20-18-. The van der Waals surface area contributed by atoms with E-state index in [2.05, 4.69) is 42.9 Å². The fourth-order valence-corrected chi connectivity index (χ4v) is 4.19. The van der Waals surface area contributed by atoms with Gasteiger partial charge in [-0.3, -0.25) is 4.79 Å². The van der Waals surface area contributed by atoms with Crippen LogP contribution in [-0.2, 0) is 9.53 Å². The number of unbranched alkanes of at least 4 members (excludes halogenated alkanes) is 14. The van der Waals surface area contributed by atoms with Gasteiger partial charge in [-0.15, -0.1) is 0 Å². The smallest absolute Gasteiger partial charge is 0.305 e. The fraction of sp³-hybridized carbons (Fsp3) is 0.833. The van der Waals surface area contributed by atoms with Crippen LogP contribution in [0.2, 0.25) is 0 Å². The number of hydrogen-bond donors (Lipinski definition) is 0. The highest BCUT2D eigenvalue weighted by molar-refractivity contribution is 5.69. The van der Waals surface area contributed by atoms with Gasteiger partial charge < -0.3 is 4.74 Å². The third-order valence-electron chi connectivity index (χ3n) is 6.43. The van der Waals surface area contributed by atoms with E-state index in [0.29, 0.717) is 6.42 Å². The molecule has 1 atom stereocenters. The van der Waals surface area contributed by atoms with E-state index < -0.39 is 0 Å². The molecule has 2 nitrogen and oxygen atoms in total. The second-order valence-corrected chi connectivity index (χ2v) is 9.70.